The number of sulfonamides is 1. The maximum absolute atomic E-state index is 13.2. The van der Waals surface area contributed by atoms with Crippen molar-refractivity contribution in [3.8, 4) is 10.6 Å². The van der Waals surface area contributed by atoms with Gasteiger partial charge in [0.15, 0.2) is 0 Å². The van der Waals surface area contributed by atoms with Gasteiger partial charge in [0.05, 0.1) is 49.8 Å². The molecule has 1 aliphatic heterocycles. The third-order valence-electron chi connectivity index (χ3n) is 5.93. The molecule has 1 aliphatic rings. The molecule has 0 amide bonds. The number of methoxy groups -OCH3 is 1. The van der Waals surface area contributed by atoms with Crippen molar-refractivity contribution in [2.75, 3.05) is 77.8 Å². The zero-order valence-corrected chi connectivity index (χ0v) is 23.6. The average molecular weight is 594 g/mol. The van der Waals surface area contributed by atoms with Crippen LogP contribution in [0.1, 0.15) is 10.5 Å². The van der Waals surface area contributed by atoms with Gasteiger partial charge in [0, 0.05) is 39.4 Å². The van der Waals surface area contributed by atoms with Crippen molar-refractivity contribution in [2.45, 2.75) is 4.21 Å². The van der Waals surface area contributed by atoms with E-state index in [2.05, 4.69) is 15.2 Å². The molecule has 0 radical (unpaired) electrons. The molecule has 0 aliphatic carbocycles. The zero-order valence-electron chi connectivity index (χ0n) is 22.0. The number of ether oxygens (including phenoxy) is 4. The monoisotopic (exact) mass is 593 g/mol. The molecule has 3 aromatic rings. The smallest absolute Gasteiger partial charge is 0.356 e. The van der Waals surface area contributed by atoms with Crippen molar-refractivity contribution < 1.29 is 32.2 Å². The minimum absolute atomic E-state index is 0.101. The summed E-state index contributed by atoms with van der Waals surface area (Å²) in [6, 6.07) is 9.49. The SMILES string of the molecule is COCCOCCOCCOC(=O)c1ccc(N2CCN(S(=O)(=O)c3ccc(-c4ccc(=O)[nH]n4)s3)CC2)cn1. The number of anilines is 1. The van der Waals surface area contributed by atoms with Crippen LogP contribution in [0.4, 0.5) is 5.69 Å². The number of aromatic nitrogens is 3. The van der Waals surface area contributed by atoms with E-state index in [4.69, 9.17) is 18.9 Å². The highest BCUT2D eigenvalue weighted by Gasteiger charge is 2.30. The van der Waals surface area contributed by atoms with Gasteiger partial charge >= 0.3 is 5.97 Å². The minimum Gasteiger partial charge on any atom is -0.459 e. The first kappa shape index (κ1) is 29.8. The van der Waals surface area contributed by atoms with E-state index < -0.39 is 16.0 Å². The molecule has 1 fully saturated rings. The average Bonchev–Trinajstić information content (AvgIpc) is 3.48. The molecule has 13 nitrogen and oxygen atoms in total. The fourth-order valence-corrected chi connectivity index (χ4v) is 6.67. The molecule has 0 aromatic carbocycles. The molecule has 1 N–H and O–H groups in total. The van der Waals surface area contributed by atoms with Gasteiger partial charge in [0.1, 0.15) is 22.2 Å². The zero-order chi connectivity index (χ0) is 28.4. The lowest BCUT2D eigenvalue weighted by atomic mass is 10.3. The Bertz CT molecular complexity index is 1380. The number of aromatic amines is 1. The number of carbonyl (C=O) groups excluding carboxylic acids is 1. The highest BCUT2D eigenvalue weighted by Crippen LogP contribution is 2.31. The van der Waals surface area contributed by atoms with E-state index in [1.165, 1.54) is 10.4 Å². The van der Waals surface area contributed by atoms with Gasteiger partial charge < -0.3 is 23.8 Å². The molecule has 4 rings (SSSR count). The van der Waals surface area contributed by atoms with Crippen molar-refractivity contribution in [3.05, 3.63) is 58.6 Å². The Labute approximate surface area is 235 Å². The molecular formula is C25H31N5O8S2. The predicted molar refractivity (Wildman–Crippen MR) is 147 cm³/mol. The first-order chi connectivity index (χ1) is 19.4. The van der Waals surface area contributed by atoms with E-state index in [1.807, 2.05) is 4.90 Å². The maximum Gasteiger partial charge on any atom is 0.356 e. The highest BCUT2D eigenvalue weighted by molar-refractivity contribution is 7.91. The summed E-state index contributed by atoms with van der Waals surface area (Å²) in [7, 11) is -2.07. The first-order valence-electron chi connectivity index (χ1n) is 12.6. The van der Waals surface area contributed by atoms with Gasteiger partial charge in [0.2, 0.25) is 0 Å². The van der Waals surface area contributed by atoms with E-state index in [-0.39, 0.29) is 28.7 Å². The second-order valence-electron chi connectivity index (χ2n) is 8.57. The number of rotatable bonds is 14. The number of thiophene rings is 1. The van der Waals surface area contributed by atoms with Crippen LogP contribution in [0.25, 0.3) is 10.6 Å². The third kappa shape index (κ3) is 7.93. The lowest BCUT2D eigenvalue weighted by Crippen LogP contribution is -2.48. The number of hydrogen-bond acceptors (Lipinski definition) is 12. The van der Waals surface area contributed by atoms with Gasteiger partial charge in [-0.2, -0.15) is 9.40 Å². The predicted octanol–water partition coefficient (Wildman–Crippen LogP) is 1.24. The molecule has 0 atom stereocenters. The number of piperazine rings is 1. The second-order valence-corrected chi connectivity index (χ2v) is 11.8. The molecule has 4 heterocycles. The van der Waals surface area contributed by atoms with E-state index >= 15 is 0 Å². The Balaban J connectivity index is 1.22. The van der Waals surface area contributed by atoms with Crippen LogP contribution in [0.2, 0.25) is 0 Å². The van der Waals surface area contributed by atoms with Crippen LogP contribution in [0.3, 0.4) is 0 Å². The molecule has 40 heavy (non-hydrogen) atoms. The Morgan fingerprint density at radius 1 is 0.950 bits per heavy atom. The molecule has 1 saturated heterocycles. The van der Waals surface area contributed by atoms with Gasteiger partial charge in [0.25, 0.3) is 15.6 Å². The van der Waals surface area contributed by atoms with Gasteiger partial charge in [-0.3, -0.25) is 4.79 Å². The second kappa shape index (κ2) is 14.4. The molecular weight excluding hydrogens is 562 g/mol. The van der Waals surface area contributed by atoms with Crippen molar-refractivity contribution in [2.24, 2.45) is 0 Å². The van der Waals surface area contributed by atoms with Crippen LogP contribution in [0, 0.1) is 0 Å². The fraction of sp³-hybridized carbons (Fsp3) is 0.440. The molecule has 15 heteroatoms. The van der Waals surface area contributed by atoms with Crippen molar-refractivity contribution in [3.63, 3.8) is 0 Å². The summed E-state index contributed by atoms with van der Waals surface area (Å²) in [4.78, 5) is 30.4. The summed E-state index contributed by atoms with van der Waals surface area (Å²) in [5, 5.41) is 6.32. The number of carbonyl (C=O) groups is 1. The number of nitrogens with one attached hydrogen (secondary N) is 1. The molecule has 0 bridgehead atoms. The van der Waals surface area contributed by atoms with Gasteiger partial charge in [-0.05, 0) is 30.3 Å². The number of nitrogens with zero attached hydrogens (tertiary/aromatic N) is 4. The molecule has 0 spiro atoms. The number of esters is 1. The third-order valence-corrected chi connectivity index (χ3v) is 9.41. The maximum atomic E-state index is 13.2. The van der Waals surface area contributed by atoms with Gasteiger partial charge in [-0.1, -0.05) is 0 Å². The normalized spacial score (nSPS) is 14.4. The summed E-state index contributed by atoms with van der Waals surface area (Å²) in [6.07, 6.45) is 1.58. The Morgan fingerprint density at radius 3 is 2.33 bits per heavy atom. The number of H-pyrrole nitrogens is 1. The molecule has 216 valence electrons. The van der Waals surface area contributed by atoms with Crippen molar-refractivity contribution >= 4 is 33.0 Å². The molecule has 3 aromatic heterocycles. The van der Waals surface area contributed by atoms with Crippen LogP contribution in [-0.4, -0.2) is 107 Å². The lowest BCUT2D eigenvalue weighted by molar-refractivity contribution is 0.00549. The van der Waals surface area contributed by atoms with Gasteiger partial charge in [-0.15, -0.1) is 11.3 Å². The van der Waals surface area contributed by atoms with E-state index in [1.54, 1.807) is 43.6 Å². The van der Waals surface area contributed by atoms with Crippen LogP contribution >= 0.6 is 11.3 Å². The minimum atomic E-state index is -3.67. The van der Waals surface area contributed by atoms with Gasteiger partial charge in [-0.25, -0.2) is 23.3 Å². The summed E-state index contributed by atoms with van der Waals surface area (Å²) in [5.74, 6) is -0.546. The topological polar surface area (TPSA) is 153 Å². The largest absolute Gasteiger partial charge is 0.459 e. The summed E-state index contributed by atoms with van der Waals surface area (Å²) >= 11 is 1.11. The van der Waals surface area contributed by atoms with Crippen molar-refractivity contribution in [1.29, 1.82) is 0 Å². The lowest BCUT2D eigenvalue weighted by Gasteiger charge is -2.34. The van der Waals surface area contributed by atoms with Crippen LogP contribution in [-0.2, 0) is 29.0 Å². The highest BCUT2D eigenvalue weighted by atomic mass is 32.2. The van der Waals surface area contributed by atoms with E-state index in [9.17, 15) is 18.0 Å². The van der Waals surface area contributed by atoms with Crippen molar-refractivity contribution in [1.82, 2.24) is 19.5 Å². The standard InChI is InChI=1S/C25H31N5O8S2/c1-35-12-13-36-14-15-37-16-17-38-25(32)21-3-2-19(18-26-21)29-8-10-30(11-9-29)40(33,34)24-7-5-22(39-24)20-4-6-23(31)28-27-20/h2-7,18H,8-17H2,1H3,(H,28,31). The van der Waals surface area contributed by atoms with E-state index in [0.717, 1.165) is 17.0 Å². The van der Waals surface area contributed by atoms with Crippen LogP contribution in [0.15, 0.2) is 51.6 Å². The number of pyridine rings is 1. The summed E-state index contributed by atoms with van der Waals surface area (Å²) in [5.41, 5.74) is 1.14. The Hall–Kier alpha value is -3.21. The van der Waals surface area contributed by atoms with Crippen LogP contribution in [0.5, 0.6) is 0 Å². The number of hydrogen-bond donors (Lipinski definition) is 1. The molecule has 0 saturated carbocycles. The van der Waals surface area contributed by atoms with Crippen LogP contribution < -0.4 is 10.5 Å². The summed E-state index contributed by atoms with van der Waals surface area (Å²) < 4.78 is 48.8. The quantitative estimate of drug-likeness (QED) is 0.212. The summed E-state index contributed by atoms with van der Waals surface area (Å²) in [6.45, 7) is 3.75. The first-order valence-corrected chi connectivity index (χ1v) is 14.8. The Morgan fingerprint density at radius 2 is 1.68 bits per heavy atom. The fourth-order valence-electron chi connectivity index (χ4n) is 3.82. The molecule has 0 unspecified atom stereocenters. The van der Waals surface area contributed by atoms with E-state index in [0.29, 0.717) is 63.2 Å². The Kier molecular flexibility index (Phi) is 10.7.